The molecule has 1 aliphatic heterocycles. The lowest BCUT2D eigenvalue weighted by atomic mass is 9.80. The first-order chi connectivity index (χ1) is 13.4. The van der Waals surface area contributed by atoms with E-state index in [9.17, 15) is 24.8 Å². The molecule has 11 heteroatoms. The molecule has 0 bridgehead atoms. The number of aliphatic carboxylic acids is 1. The van der Waals surface area contributed by atoms with E-state index in [-0.39, 0.29) is 24.5 Å². The zero-order valence-electron chi connectivity index (χ0n) is 15.1. The van der Waals surface area contributed by atoms with Crippen molar-refractivity contribution in [3.8, 4) is 5.69 Å². The van der Waals surface area contributed by atoms with Gasteiger partial charge >= 0.3 is 5.97 Å². The van der Waals surface area contributed by atoms with Gasteiger partial charge in [0.05, 0.1) is 23.4 Å². The molecule has 11 nitrogen and oxygen atoms in total. The number of hydrogen-bond donors (Lipinski definition) is 1. The number of non-ortho nitro benzene ring substituents is 1. The Bertz CT molecular complexity index is 909. The Labute approximate surface area is 159 Å². The highest BCUT2D eigenvalue weighted by Gasteiger charge is 2.44. The molecule has 0 saturated carbocycles. The highest BCUT2D eigenvalue weighted by atomic mass is 16.6. The topological polar surface area (TPSA) is 141 Å². The number of ether oxygens (including phenoxy) is 1. The van der Waals surface area contributed by atoms with Gasteiger partial charge in [-0.2, -0.15) is 0 Å². The summed E-state index contributed by atoms with van der Waals surface area (Å²) in [5.41, 5.74) is -0.843. The number of carbonyl (C=O) groups is 2. The summed E-state index contributed by atoms with van der Waals surface area (Å²) >= 11 is 0. The molecule has 3 rings (SSSR count). The van der Waals surface area contributed by atoms with Gasteiger partial charge in [0.15, 0.2) is 5.69 Å². The van der Waals surface area contributed by atoms with Gasteiger partial charge in [-0.15, -0.1) is 5.10 Å². The Kier molecular flexibility index (Phi) is 5.36. The molecule has 1 saturated heterocycles. The van der Waals surface area contributed by atoms with Crippen LogP contribution in [0.1, 0.15) is 23.3 Å². The number of aromatic nitrogens is 3. The normalized spacial score (nSPS) is 19.4. The summed E-state index contributed by atoms with van der Waals surface area (Å²) in [6.45, 7) is 0.423. The van der Waals surface area contributed by atoms with Crippen LogP contribution in [0.5, 0.6) is 0 Å². The smallest absolute Gasteiger partial charge is 0.313 e. The molecule has 2 heterocycles. The number of nitro groups is 1. The van der Waals surface area contributed by atoms with Crippen LogP contribution >= 0.6 is 0 Å². The zero-order chi connectivity index (χ0) is 20.3. The van der Waals surface area contributed by atoms with Crippen molar-refractivity contribution in [2.75, 3.05) is 26.8 Å². The molecule has 1 atom stereocenters. The fraction of sp³-hybridized carbons (Fsp3) is 0.412. The van der Waals surface area contributed by atoms with Crippen molar-refractivity contribution >= 4 is 17.6 Å². The summed E-state index contributed by atoms with van der Waals surface area (Å²) in [6, 6.07) is 5.78. The van der Waals surface area contributed by atoms with Gasteiger partial charge in [0, 0.05) is 32.3 Å². The van der Waals surface area contributed by atoms with E-state index in [1.807, 2.05) is 0 Å². The van der Waals surface area contributed by atoms with Crippen molar-refractivity contribution < 1.29 is 24.4 Å². The van der Waals surface area contributed by atoms with E-state index < -0.39 is 22.2 Å². The molecule has 1 amide bonds. The van der Waals surface area contributed by atoms with Gasteiger partial charge in [0.1, 0.15) is 5.41 Å². The van der Waals surface area contributed by atoms with Crippen LogP contribution in [0.4, 0.5) is 5.69 Å². The molecule has 0 spiro atoms. The van der Waals surface area contributed by atoms with Crippen molar-refractivity contribution in [1.29, 1.82) is 0 Å². The summed E-state index contributed by atoms with van der Waals surface area (Å²) in [6.07, 6.45) is 2.31. The standard InChI is InChI=1S/C17H19N5O6/c1-28-11-17(16(24)25)6-3-7-20(10-17)15(23)14-9-21(19-18-14)12-4-2-5-13(8-12)22(26)27/h2,4-5,8-9H,3,6-7,10-11H2,1H3,(H,24,25). The third kappa shape index (κ3) is 3.69. The summed E-state index contributed by atoms with van der Waals surface area (Å²) < 4.78 is 6.33. The molecule has 1 aliphatic rings. The third-order valence-electron chi connectivity index (χ3n) is 4.76. The number of likely N-dealkylation sites (tertiary alicyclic amines) is 1. The lowest BCUT2D eigenvalue weighted by molar-refractivity contribution is -0.384. The third-order valence-corrected chi connectivity index (χ3v) is 4.76. The Balaban J connectivity index is 1.81. The Hall–Kier alpha value is -3.34. The van der Waals surface area contributed by atoms with Crippen LogP contribution in [0.25, 0.3) is 5.69 Å². The molecule has 0 aliphatic carbocycles. The number of rotatable bonds is 6. The number of nitro benzene ring substituents is 1. The molecule has 1 N–H and O–H groups in total. The predicted octanol–water partition coefficient (Wildman–Crippen LogP) is 1.13. The zero-order valence-corrected chi connectivity index (χ0v) is 15.1. The largest absolute Gasteiger partial charge is 0.481 e. The minimum Gasteiger partial charge on any atom is -0.481 e. The fourth-order valence-corrected chi connectivity index (χ4v) is 3.33. The van der Waals surface area contributed by atoms with Crippen LogP contribution in [-0.2, 0) is 9.53 Å². The molecule has 1 fully saturated rings. The molecule has 148 valence electrons. The van der Waals surface area contributed by atoms with Crippen LogP contribution in [0.15, 0.2) is 30.5 Å². The van der Waals surface area contributed by atoms with Gasteiger partial charge in [0.2, 0.25) is 0 Å². The number of amides is 1. The van der Waals surface area contributed by atoms with E-state index >= 15 is 0 Å². The number of carboxylic acids is 1. The predicted molar refractivity (Wildman–Crippen MR) is 95.1 cm³/mol. The van der Waals surface area contributed by atoms with Gasteiger partial charge in [0.25, 0.3) is 11.6 Å². The minimum absolute atomic E-state index is 0.00644. The van der Waals surface area contributed by atoms with E-state index in [4.69, 9.17) is 4.74 Å². The van der Waals surface area contributed by atoms with E-state index in [0.29, 0.717) is 25.1 Å². The number of carbonyl (C=O) groups excluding carboxylic acids is 1. The molecule has 1 aromatic carbocycles. The number of piperidine rings is 1. The second kappa shape index (κ2) is 7.72. The highest BCUT2D eigenvalue weighted by Crippen LogP contribution is 2.31. The maximum atomic E-state index is 12.8. The van der Waals surface area contributed by atoms with Crippen molar-refractivity contribution in [3.63, 3.8) is 0 Å². The van der Waals surface area contributed by atoms with Crippen molar-refractivity contribution in [2.45, 2.75) is 12.8 Å². The summed E-state index contributed by atoms with van der Waals surface area (Å²) in [4.78, 5) is 36.4. The molecule has 1 aromatic heterocycles. The lowest BCUT2D eigenvalue weighted by Gasteiger charge is -2.39. The first-order valence-corrected chi connectivity index (χ1v) is 8.55. The van der Waals surface area contributed by atoms with Crippen LogP contribution in [0.3, 0.4) is 0 Å². The van der Waals surface area contributed by atoms with Crippen LogP contribution in [0, 0.1) is 15.5 Å². The van der Waals surface area contributed by atoms with Gasteiger partial charge < -0.3 is 14.7 Å². The number of benzene rings is 1. The van der Waals surface area contributed by atoms with Gasteiger partial charge in [-0.1, -0.05) is 11.3 Å². The minimum atomic E-state index is -1.15. The Morgan fingerprint density at radius 2 is 2.21 bits per heavy atom. The first-order valence-electron chi connectivity index (χ1n) is 8.55. The van der Waals surface area contributed by atoms with Gasteiger partial charge in [-0.25, -0.2) is 4.68 Å². The van der Waals surface area contributed by atoms with Crippen molar-refractivity contribution in [1.82, 2.24) is 19.9 Å². The first kappa shape index (κ1) is 19.4. The maximum absolute atomic E-state index is 12.8. The SMILES string of the molecule is COCC1(C(=O)O)CCCN(C(=O)c2cn(-c3cccc([N+](=O)[O-])c3)nn2)C1. The number of carboxylic acid groups (broad SMARTS) is 1. The second-order valence-electron chi connectivity index (χ2n) is 6.67. The summed E-state index contributed by atoms with van der Waals surface area (Å²) in [5, 5.41) is 28.2. The molecular weight excluding hydrogens is 370 g/mol. The van der Waals surface area contributed by atoms with E-state index in [2.05, 4.69) is 10.3 Å². The lowest BCUT2D eigenvalue weighted by Crippen LogP contribution is -2.52. The Morgan fingerprint density at radius 1 is 1.43 bits per heavy atom. The molecule has 1 unspecified atom stereocenters. The van der Waals surface area contributed by atoms with E-state index in [1.165, 1.54) is 41.1 Å². The number of methoxy groups -OCH3 is 1. The summed E-state index contributed by atoms with van der Waals surface area (Å²) in [5.74, 6) is -1.45. The number of nitrogens with zero attached hydrogens (tertiary/aromatic N) is 5. The van der Waals surface area contributed by atoms with Crippen LogP contribution < -0.4 is 0 Å². The average Bonchev–Trinajstić information content (AvgIpc) is 3.18. The molecular formula is C17H19N5O6. The average molecular weight is 389 g/mol. The fourth-order valence-electron chi connectivity index (χ4n) is 3.33. The maximum Gasteiger partial charge on any atom is 0.313 e. The number of hydrogen-bond acceptors (Lipinski definition) is 7. The molecule has 2 aromatic rings. The Morgan fingerprint density at radius 3 is 2.89 bits per heavy atom. The van der Waals surface area contributed by atoms with Crippen molar-refractivity contribution in [2.24, 2.45) is 5.41 Å². The quantitative estimate of drug-likeness (QED) is 0.572. The van der Waals surface area contributed by atoms with Gasteiger partial charge in [-0.3, -0.25) is 19.7 Å². The van der Waals surface area contributed by atoms with Crippen molar-refractivity contribution in [3.05, 3.63) is 46.3 Å². The second-order valence-corrected chi connectivity index (χ2v) is 6.67. The highest BCUT2D eigenvalue weighted by molar-refractivity contribution is 5.92. The van der Waals surface area contributed by atoms with E-state index in [1.54, 1.807) is 6.07 Å². The molecule has 28 heavy (non-hydrogen) atoms. The van der Waals surface area contributed by atoms with E-state index in [0.717, 1.165) is 0 Å². The van der Waals surface area contributed by atoms with Crippen LogP contribution in [0.2, 0.25) is 0 Å². The monoisotopic (exact) mass is 389 g/mol. The van der Waals surface area contributed by atoms with Crippen LogP contribution in [-0.4, -0.2) is 68.6 Å². The molecule has 0 radical (unpaired) electrons. The van der Waals surface area contributed by atoms with Gasteiger partial charge in [-0.05, 0) is 18.9 Å². The summed E-state index contributed by atoms with van der Waals surface area (Å²) in [7, 11) is 1.43.